The molecule has 0 N–H and O–H groups in total. The summed E-state index contributed by atoms with van der Waals surface area (Å²) in [6, 6.07) is 0. The zero-order valence-corrected chi connectivity index (χ0v) is 18.2. The van der Waals surface area contributed by atoms with Gasteiger partial charge < -0.3 is 9.47 Å². The summed E-state index contributed by atoms with van der Waals surface area (Å²) >= 11 is 29.0. The Hall–Kier alpha value is 2.99. The van der Waals surface area contributed by atoms with Gasteiger partial charge in [-0.15, -0.1) is 0 Å². The molecule has 0 saturated carbocycles. The number of hydrogen-bond donors (Lipinski definition) is 0. The quantitative estimate of drug-likeness (QED) is 0.284. The fourth-order valence-corrected chi connectivity index (χ4v) is 6.35. The molecule has 0 unspecified atom stereocenters. The Kier molecular flexibility index (Phi) is 5.53. The molecule has 0 amide bonds. The molecule has 15 heavy (non-hydrogen) atoms. The zero-order valence-electron chi connectivity index (χ0n) is 6.34. The van der Waals surface area contributed by atoms with Crippen molar-refractivity contribution in [1.29, 1.82) is 0 Å². The highest BCUT2D eigenvalue weighted by atomic mass is 80.0. The Labute approximate surface area is 150 Å². The Morgan fingerprint density at radius 2 is 1.33 bits per heavy atom. The molecule has 0 fully saturated rings. The molecule has 1 aliphatic rings. The van der Waals surface area contributed by atoms with Gasteiger partial charge in [-0.25, -0.2) is 0 Å². The monoisotopic (exact) mass is 679 g/mol. The van der Waals surface area contributed by atoms with E-state index in [0.717, 1.165) is 0 Å². The van der Waals surface area contributed by atoms with Crippen LogP contribution >= 0.6 is 123 Å². The molecule has 1 heterocycles. The highest BCUT2D eigenvalue weighted by Gasteiger charge is 2.67. The van der Waals surface area contributed by atoms with Gasteiger partial charge >= 0.3 is 5.79 Å². The summed E-state index contributed by atoms with van der Waals surface area (Å²) in [5, 5.41) is 0.112. The lowest BCUT2D eigenvalue weighted by Gasteiger charge is -2.40. The molecule has 0 aromatic heterocycles. The van der Waals surface area contributed by atoms with Crippen LogP contribution in [-0.4, -0.2) is 10.1 Å². The summed E-state index contributed by atoms with van der Waals surface area (Å²) in [6.45, 7) is 0. The third-order valence-electron chi connectivity index (χ3n) is 1.37. The molecular weight excluding hydrogens is 687 g/mol. The van der Waals surface area contributed by atoms with E-state index in [2.05, 4.69) is 112 Å². The minimum Gasteiger partial charge on any atom is -0.434 e. The topological polar surface area (TPSA) is 18.5 Å². The van der Waals surface area contributed by atoms with Crippen LogP contribution in [0.2, 0.25) is 0 Å². The van der Waals surface area contributed by atoms with Crippen LogP contribution in [0.3, 0.4) is 0 Å². The molecule has 10 heteroatoms. The largest absolute Gasteiger partial charge is 0.434 e. The van der Waals surface area contributed by atoms with E-state index in [1.807, 2.05) is 0 Å². The summed E-state index contributed by atoms with van der Waals surface area (Å²) in [6.07, 6.45) is 0. The average Bonchev–Trinajstić information content (AvgIpc) is 2.26. The van der Waals surface area contributed by atoms with Crippen LogP contribution in [0, 0.1) is 0 Å². The summed E-state index contributed by atoms with van der Waals surface area (Å²) in [5.41, 5.74) is 0. The number of halogens is 8. The minimum absolute atomic E-state index is 0.112. The van der Waals surface area contributed by atoms with Gasteiger partial charge in [-0.1, -0.05) is 95.6 Å². The Morgan fingerprint density at radius 1 is 0.933 bits per heavy atom. The maximum absolute atomic E-state index is 5.82. The maximum atomic E-state index is 5.82. The molecule has 88 valence electrons. The van der Waals surface area contributed by atoms with Crippen LogP contribution in [0.4, 0.5) is 0 Å². The SMILES string of the molecule is ClC1=C(Br)OC(C(Br)(Br)Br)(C(Br)(Br)Br)O1. The highest BCUT2D eigenvalue weighted by molar-refractivity contribution is 9.40. The highest BCUT2D eigenvalue weighted by Crippen LogP contribution is 2.63. The molecule has 0 aliphatic carbocycles. The van der Waals surface area contributed by atoms with Gasteiger partial charge in [0.05, 0.1) is 0 Å². The van der Waals surface area contributed by atoms with E-state index in [9.17, 15) is 0 Å². The molecule has 0 aromatic rings. The molecule has 0 radical (unpaired) electrons. The second kappa shape index (κ2) is 5.17. The molecule has 2 nitrogen and oxygen atoms in total. The Morgan fingerprint density at radius 3 is 1.47 bits per heavy atom. The first-order valence-corrected chi connectivity index (χ1v) is 9.01. The molecule has 0 saturated heterocycles. The standard InChI is InChI=1S/C5Br7ClO2/c6-1-2(13)15-3(14-1,4(7,8)9)5(10,11)12. The van der Waals surface area contributed by atoms with E-state index in [0.29, 0.717) is 4.67 Å². The summed E-state index contributed by atoms with van der Waals surface area (Å²) in [5.74, 6) is -1.24. The summed E-state index contributed by atoms with van der Waals surface area (Å²) in [7, 11) is 0. The van der Waals surface area contributed by atoms with Gasteiger partial charge in [-0.3, -0.25) is 0 Å². The third kappa shape index (κ3) is 3.12. The van der Waals surface area contributed by atoms with E-state index in [1.165, 1.54) is 0 Å². The van der Waals surface area contributed by atoms with Gasteiger partial charge in [0.15, 0.2) is 0 Å². The number of ether oxygens (including phenoxy) is 2. The van der Waals surface area contributed by atoms with Crippen molar-refractivity contribution in [2.24, 2.45) is 0 Å². The number of alkyl halides is 6. The lowest BCUT2D eigenvalue weighted by atomic mass is 10.4. The van der Waals surface area contributed by atoms with Gasteiger partial charge in [0.1, 0.15) is 0 Å². The minimum atomic E-state index is -1.24. The van der Waals surface area contributed by atoms with Crippen molar-refractivity contribution in [1.82, 2.24) is 0 Å². The van der Waals surface area contributed by atoms with Crippen LogP contribution in [0.1, 0.15) is 0 Å². The Balaban J connectivity index is 3.16. The van der Waals surface area contributed by atoms with Crippen LogP contribution in [0.15, 0.2) is 9.89 Å². The van der Waals surface area contributed by atoms with E-state index in [1.54, 1.807) is 0 Å². The van der Waals surface area contributed by atoms with Crippen molar-refractivity contribution in [2.75, 3.05) is 0 Å². The molecule has 1 aliphatic heterocycles. The first-order valence-electron chi connectivity index (χ1n) is 3.08. The van der Waals surface area contributed by atoms with E-state index in [4.69, 9.17) is 21.1 Å². The predicted molar refractivity (Wildman–Crippen MR) is 85.7 cm³/mol. The summed E-state index contributed by atoms with van der Waals surface area (Å²) < 4.78 is 9.57. The first kappa shape index (κ1) is 16.0. The lowest BCUT2D eigenvalue weighted by molar-refractivity contribution is -0.122. The van der Waals surface area contributed by atoms with Gasteiger partial charge in [-0.05, 0) is 27.5 Å². The second-order valence-electron chi connectivity index (χ2n) is 2.36. The van der Waals surface area contributed by atoms with Crippen molar-refractivity contribution >= 4 is 123 Å². The van der Waals surface area contributed by atoms with Gasteiger partial charge in [-0.2, -0.15) is 0 Å². The summed E-state index contributed by atoms with van der Waals surface area (Å²) in [4.78, 5) is 0. The van der Waals surface area contributed by atoms with Crippen molar-refractivity contribution in [2.45, 2.75) is 10.1 Å². The fraction of sp³-hybridized carbons (Fsp3) is 0.600. The van der Waals surface area contributed by atoms with Gasteiger partial charge in [0.25, 0.3) is 0 Å². The van der Waals surface area contributed by atoms with Crippen molar-refractivity contribution < 1.29 is 9.47 Å². The molecule has 0 aromatic carbocycles. The van der Waals surface area contributed by atoms with Gasteiger partial charge in [0.2, 0.25) is 14.2 Å². The van der Waals surface area contributed by atoms with E-state index >= 15 is 0 Å². The van der Waals surface area contributed by atoms with Crippen molar-refractivity contribution in [3.8, 4) is 0 Å². The average molecular weight is 687 g/mol. The molecule has 0 atom stereocenters. The molecular formula is C5Br7ClO2. The normalized spacial score (nSPS) is 21.3. The predicted octanol–water partition coefficient (Wildman–Crippen LogP) is 6.17. The first-order chi connectivity index (χ1) is 6.51. The van der Waals surface area contributed by atoms with Crippen LogP contribution in [0.25, 0.3) is 0 Å². The van der Waals surface area contributed by atoms with Crippen LogP contribution < -0.4 is 0 Å². The lowest BCUT2D eigenvalue weighted by Crippen LogP contribution is -2.53. The van der Waals surface area contributed by atoms with E-state index in [-0.39, 0.29) is 5.22 Å². The zero-order chi connectivity index (χ0) is 12.1. The van der Waals surface area contributed by atoms with Crippen molar-refractivity contribution in [3.05, 3.63) is 9.89 Å². The second-order valence-corrected chi connectivity index (χ2v) is 16.9. The molecule has 1 rings (SSSR count). The smallest absolute Gasteiger partial charge is 0.323 e. The van der Waals surface area contributed by atoms with Crippen LogP contribution in [-0.2, 0) is 9.47 Å². The Bertz CT molecular complexity index is 273. The van der Waals surface area contributed by atoms with Gasteiger partial charge in [0, 0.05) is 0 Å². The van der Waals surface area contributed by atoms with Crippen molar-refractivity contribution in [3.63, 3.8) is 0 Å². The molecule has 0 bridgehead atoms. The maximum Gasteiger partial charge on any atom is 0.323 e. The van der Waals surface area contributed by atoms with E-state index < -0.39 is 10.1 Å². The third-order valence-corrected chi connectivity index (χ3v) is 5.50. The molecule has 0 spiro atoms. The number of hydrogen-bond acceptors (Lipinski definition) is 2. The van der Waals surface area contributed by atoms with Crippen LogP contribution in [0.5, 0.6) is 0 Å². The number of rotatable bonds is 0. The fourth-order valence-electron chi connectivity index (χ4n) is 0.746.